The van der Waals surface area contributed by atoms with Gasteiger partial charge < -0.3 is 14.4 Å². The van der Waals surface area contributed by atoms with Crippen molar-refractivity contribution in [1.29, 1.82) is 0 Å². The number of aromatic nitrogens is 2. The molecule has 0 atom stereocenters. The Bertz CT molecular complexity index is 1020. The van der Waals surface area contributed by atoms with Crippen LogP contribution in [0.4, 0.5) is 0 Å². The van der Waals surface area contributed by atoms with Crippen molar-refractivity contribution in [2.24, 2.45) is 0 Å². The van der Waals surface area contributed by atoms with Crippen LogP contribution in [0.1, 0.15) is 28.5 Å². The fraction of sp³-hybridized carbons (Fsp3) is 0.273. The smallest absolute Gasteiger partial charge is 0.253 e. The number of carbonyl (C=O) groups is 1. The average molecular weight is 493 g/mol. The number of hydrogen-bond acceptors (Lipinski definition) is 4. The number of halogens is 2. The molecular formula is C22H23BrClN3O3. The molecule has 2 aromatic carbocycles. The van der Waals surface area contributed by atoms with Crippen LogP contribution in [0, 0.1) is 0 Å². The number of hydrogen-bond donors (Lipinski definition) is 0. The van der Waals surface area contributed by atoms with E-state index in [1.54, 1.807) is 67.7 Å². The molecule has 0 spiro atoms. The van der Waals surface area contributed by atoms with Crippen molar-refractivity contribution in [3.05, 3.63) is 75.0 Å². The van der Waals surface area contributed by atoms with E-state index in [9.17, 15) is 4.79 Å². The first kappa shape index (κ1) is 22.2. The van der Waals surface area contributed by atoms with Gasteiger partial charge in [-0.3, -0.25) is 9.48 Å². The zero-order chi connectivity index (χ0) is 21.7. The summed E-state index contributed by atoms with van der Waals surface area (Å²) < 4.78 is 14.0. The summed E-state index contributed by atoms with van der Waals surface area (Å²) in [5, 5.41) is 4.95. The molecule has 3 rings (SSSR count). The number of carbonyl (C=O) groups excluding carboxylic acids is 1. The van der Waals surface area contributed by atoms with E-state index in [2.05, 4.69) is 21.0 Å². The highest BCUT2D eigenvalue weighted by atomic mass is 79.9. The topological polar surface area (TPSA) is 56.6 Å². The first-order valence-corrected chi connectivity index (χ1v) is 10.6. The number of aryl methyl sites for hydroxylation is 1. The van der Waals surface area contributed by atoms with Gasteiger partial charge in [-0.2, -0.15) is 5.10 Å². The van der Waals surface area contributed by atoms with E-state index < -0.39 is 0 Å². The molecule has 8 heteroatoms. The van der Waals surface area contributed by atoms with Gasteiger partial charge in [0.2, 0.25) is 0 Å². The standard InChI is InChI=1S/C22H23BrClN3O3/c1-4-27-20(19(23)12-25-27)13-26(2)22(28)15-5-10-21(29-3)16(11-15)14-30-18-8-6-17(24)7-9-18/h5-12H,4,13-14H2,1-3H3. The van der Waals surface area contributed by atoms with Gasteiger partial charge in [0, 0.05) is 29.7 Å². The van der Waals surface area contributed by atoms with Gasteiger partial charge in [0.25, 0.3) is 5.91 Å². The first-order valence-electron chi connectivity index (χ1n) is 9.43. The van der Waals surface area contributed by atoms with Gasteiger partial charge >= 0.3 is 0 Å². The minimum atomic E-state index is -0.0962. The molecule has 0 aliphatic rings. The van der Waals surface area contributed by atoms with Crippen LogP contribution >= 0.6 is 27.5 Å². The Hall–Kier alpha value is -2.51. The molecule has 3 aromatic rings. The van der Waals surface area contributed by atoms with Crippen molar-refractivity contribution < 1.29 is 14.3 Å². The van der Waals surface area contributed by atoms with Crippen molar-refractivity contribution in [3.8, 4) is 11.5 Å². The Balaban J connectivity index is 1.76. The molecule has 0 unspecified atom stereocenters. The van der Waals surface area contributed by atoms with Crippen molar-refractivity contribution in [2.45, 2.75) is 26.6 Å². The fourth-order valence-corrected chi connectivity index (χ4v) is 3.60. The molecule has 6 nitrogen and oxygen atoms in total. The summed E-state index contributed by atoms with van der Waals surface area (Å²) in [4.78, 5) is 14.7. The lowest BCUT2D eigenvalue weighted by Gasteiger charge is -2.19. The van der Waals surface area contributed by atoms with Gasteiger partial charge in [0.05, 0.1) is 30.0 Å². The molecular weight excluding hydrogens is 470 g/mol. The molecule has 0 radical (unpaired) electrons. The number of methoxy groups -OCH3 is 1. The summed E-state index contributed by atoms with van der Waals surface area (Å²) >= 11 is 9.42. The van der Waals surface area contributed by atoms with Crippen molar-refractivity contribution >= 4 is 33.4 Å². The number of amides is 1. The van der Waals surface area contributed by atoms with Gasteiger partial charge in [0.15, 0.2) is 0 Å². The van der Waals surface area contributed by atoms with Gasteiger partial charge in [-0.05, 0) is 65.3 Å². The Labute approximate surface area is 189 Å². The zero-order valence-corrected chi connectivity index (χ0v) is 19.4. The lowest BCUT2D eigenvalue weighted by Crippen LogP contribution is -2.27. The molecule has 0 N–H and O–H groups in total. The van der Waals surface area contributed by atoms with Crippen LogP contribution in [0.3, 0.4) is 0 Å². The van der Waals surface area contributed by atoms with E-state index in [0.717, 1.165) is 22.3 Å². The quantitative estimate of drug-likeness (QED) is 0.435. The maximum atomic E-state index is 13.0. The third-order valence-electron chi connectivity index (χ3n) is 4.67. The molecule has 0 aliphatic carbocycles. The molecule has 0 aliphatic heterocycles. The second kappa shape index (κ2) is 10.00. The highest BCUT2D eigenvalue weighted by Gasteiger charge is 2.18. The first-order chi connectivity index (χ1) is 14.4. The van der Waals surface area contributed by atoms with Crippen LogP contribution in [-0.2, 0) is 19.7 Å². The van der Waals surface area contributed by atoms with Crippen LogP contribution in [0.2, 0.25) is 5.02 Å². The Morgan fingerprint density at radius 3 is 2.63 bits per heavy atom. The average Bonchev–Trinajstić information content (AvgIpc) is 3.11. The third kappa shape index (κ3) is 5.15. The van der Waals surface area contributed by atoms with E-state index in [1.807, 2.05) is 11.6 Å². The van der Waals surface area contributed by atoms with E-state index in [4.69, 9.17) is 21.1 Å². The highest BCUT2D eigenvalue weighted by molar-refractivity contribution is 9.10. The normalized spacial score (nSPS) is 10.7. The second-order valence-electron chi connectivity index (χ2n) is 6.69. The van der Waals surface area contributed by atoms with Gasteiger partial charge in [-0.1, -0.05) is 11.6 Å². The predicted molar refractivity (Wildman–Crippen MR) is 120 cm³/mol. The Morgan fingerprint density at radius 1 is 1.23 bits per heavy atom. The Kier molecular flexibility index (Phi) is 7.39. The lowest BCUT2D eigenvalue weighted by molar-refractivity contribution is 0.0781. The largest absolute Gasteiger partial charge is 0.496 e. The van der Waals surface area contributed by atoms with Crippen LogP contribution < -0.4 is 9.47 Å². The van der Waals surface area contributed by atoms with Crippen molar-refractivity contribution in [2.75, 3.05) is 14.2 Å². The van der Waals surface area contributed by atoms with Crippen LogP contribution in [-0.4, -0.2) is 34.7 Å². The number of ether oxygens (including phenoxy) is 2. The van der Waals surface area contributed by atoms with Crippen LogP contribution in [0.5, 0.6) is 11.5 Å². The van der Waals surface area contributed by atoms with Crippen LogP contribution in [0.25, 0.3) is 0 Å². The predicted octanol–water partition coefficient (Wildman–Crippen LogP) is 5.18. The summed E-state index contributed by atoms with van der Waals surface area (Å²) in [5.74, 6) is 1.25. The van der Waals surface area contributed by atoms with Crippen molar-refractivity contribution in [1.82, 2.24) is 14.7 Å². The van der Waals surface area contributed by atoms with Crippen molar-refractivity contribution in [3.63, 3.8) is 0 Å². The summed E-state index contributed by atoms with van der Waals surface area (Å²) in [6.07, 6.45) is 1.75. The monoisotopic (exact) mass is 491 g/mol. The highest BCUT2D eigenvalue weighted by Crippen LogP contribution is 2.24. The van der Waals surface area contributed by atoms with Gasteiger partial charge in [0.1, 0.15) is 18.1 Å². The van der Waals surface area contributed by atoms with Crippen LogP contribution in [0.15, 0.2) is 53.1 Å². The lowest BCUT2D eigenvalue weighted by atomic mass is 10.1. The molecule has 158 valence electrons. The molecule has 1 aromatic heterocycles. The zero-order valence-electron chi connectivity index (χ0n) is 17.1. The molecule has 1 amide bonds. The summed E-state index contributed by atoms with van der Waals surface area (Å²) in [6.45, 7) is 3.46. The molecule has 0 fully saturated rings. The molecule has 0 saturated heterocycles. The minimum absolute atomic E-state index is 0.0962. The maximum absolute atomic E-state index is 13.0. The number of rotatable bonds is 8. The van der Waals surface area contributed by atoms with E-state index >= 15 is 0 Å². The summed E-state index contributed by atoms with van der Waals surface area (Å²) in [6, 6.07) is 12.5. The molecule has 0 saturated carbocycles. The molecule has 1 heterocycles. The van der Waals surface area contributed by atoms with Gasteiger partial charge in [-0.15, -0.1) is 0 Å². The summed E-state index contributed by atoms with van der Waals surface area (Å²) in [7, 11) is 3.37. The number of benzene rings is 2. The maximum Gasteiger partial charge on any atom is 0.253 e. The van der Waals surface area contributed by atoms with Gasteiger partial charge in [-0.25, -0.2) is 0 Å². The fourth-order valence-electron chi connectivity index (χ4n) is 3.05. The summed E-state index contributed by atoms with van der Waals surface area (Å²) in [5.41, 5.74) is 2.30. The number of nitrogens with zero attached hydrogens (tertiary/aromatic N) is 3. The van der Waals surface area contributed by atoms with E-state index in [1.165, 1.54) is 0 Å². The van der Waals surface area contributed by atoms with E-state index in [-0.39, 0.29) is 12.5 Å². The van der Waals surface area contributed by atoms with E-state index in [0.29, 0.717) is 28.6 Å². The second-order valence-corrected chi connectivity index (χ2v) is 7.98. The third-order valence-corrected chi connectivity index (χ3v) is 5.58. The minimum Gasteiger partial charge on any atom is -0.496 e. The molecule has 30 heavy (non-hydrogen) atoms. The molecule has 0 bridgehead atoms. The Morgan fingerprint density at radius 2 is 1.97 bits per heavy atom. The SMILES string of the molecule is CCn1ncc(Br)c1CN(C)C(=O)c1ccc(OC)c(COc2ccc(Cl)cc2)c1.